The van der Waals surface area contributed by atoms with Crippen molar-refractivity contribution in [3.05, 3.63) is 11.6 Å². The summed E-state index contributed by atoms with van der Waals surface area (Å²) in [5.74, 6) is -9.79. The van der Waals surface area contributed by atoms with Gasteiger partial charge in [-0.3, -0.25) is 0 Å². The van der Waals surface area contributed by atoms with Crippen molar-refractivity contribution in [3.63, 3.8) is 0 Å². The van der Waals surface area contributed by atoms with Crippen LogP contribution in [0.4, 0.5) is 52.7 Å². The maximum atomic E-state index is 12.8. The number of rotatable bonds is 6. The third kappa shape index (κ3) is 8.66. The zero-order valence-electron chi connectivity index (χ0n) is 15.0. The van der Waals surface area contributed by atoms with Gasteiger partial charge in [-0.05, 0) is 5.92 Å². The fraction of sp³-hybridized carbons (Fsp3) is 0.571. The Morgan fingerprint density at radius 3 is 1.32 bits per heavy atom. The first kappa shape index (κ1) is 26.6. The Labute approximate surface area is 164 Å². The quantitative estimate of drug-likeness (QED) is 0.506. The van der Waals surface area contributed by atoms with Crippen molar-refractivity contribution >= 4 is 0 Å². The van der Waals surface area contributed by atoms with E-state index in [1.54, 1.807) is 0 Å². The Morgan fingerprint density at radius 1 is 0.613 bits per heavy atom. The molecule has 180 valence electrons. The number of ether oxygens (including phenoxy) is 4. The molecule has 0 aliphatic carbocycles. The van der Waals surface area contributed by atoms with Gasteiger partial charge in [-0.2, -0.15) is 0 Å². The number of alkyl halides is 12. The summed E-state index contributed by atoms with van der Waals surface area (Å²) >= 11 is 0. The van der Waals surface area contributed by atoms with E-state index < -0.39 is 72.0 Å². The molecule has 2 N–H and O–H groups in total. The van der Waals surface area contributed by atoms with Crippen molar-refractivity contribution in [2.75, 3.05) is 0 Å². The van der Waals surface area contributed by atoms with Crippen molar-refractivity contribution in [1.82, 2.24) is 0 Å². The Kier molecular flexibility index (Phi) is 7.36. The van der Waals surface area contributed by atoms with E-state index in [-0.39, 0.29) is 0 Å². The zero-order chi connectivity index (χ0) is 24.6. The maximum Gasteiger partial charge on any atom is 0.573 e. The minimum Gasteiger partial charge on any atom is -0.405 e. The highest BCUT2D eigenvalue weighted by Gasteiger charge is 2.45. The summed E-state index contributed by atoms with van der Waals surface area (Å²) in [7, 11) is 0. The lowest BCUT2D eigenvalue weighted by molar-refractivity contribution is -0.294. The van der Waals surface area contributed by atoms with Gasteiger partial charge in [0.05, 0.1) is 5.56 Å². The summed E-state index contributed by atoms with van der Waals surface area (Å²) in [6.07, 6.45) is -23.4. The highest BCUT2D eigenvalue weighted by Crippen LogP contribution is 2.53. The Hall–Kier alpha value is -2.46. The average molecular weight is 485 g/mol. The molecule has 0 bridgehead atoms. The van der Waals surface area contributed by atoms with Gasteiger partial charge in [0.1, 0.15) is 5.75 Å². The van der Waals surface area contributed by atoms with Crippen LogP contribution >= 0.6 is 0 Å². The van der Waals surface area contributed by atoms with E-state index in [9.17, 15) is 52.7 Å². The van der Waals surface area contributed by atoms with Crippen LogP contribution in [0.1, 0.15) is 25.5 Å². The number of nitrogens with two attached hydrogens (primary N) is 1. The maximum absolute atomic E-state index is 12.8. The van der Waals surface area contributed by atoms with Crippen molar-refractivity contribution in [2.24, 2.45) is 11.7 Å². The smallest absolute Gasteiger partial charge is 0.405 e. The number of benzene rings is 1. The molecular formula is C14H11F12NO4. The van der Waals surface area contributed by atoms with Crippen LogP contribution in [-0.4, -0.2) is 25.4 Å². The molecule has 0 saturated carbocycles. The molecule has 31 heavy (non-hydrogen) atoms. The molecule has 0 radical (unpaired) electrons. The van der Waals surface area contributed by atoms with Crippen LogP contribution in [0.3, 0.4) is 0 Å². The Bertz CT molecular complexity index is 767. The van der Waals surface area contributed by atoms with Crippen molar-refractivity contribution in [1.29, 1.82) is 0 Å². The summed E-state index contributed by atoms with van der Waals surface area (Å²) in [6.45, 7) is 2.26. The third-order valence-electron chi connectivity index (χ3n) is 3.14. The fourth-order valence-corrected chi connectivity index (χ4v) is 2.10. The molecular weight excluding hydrogens is 474 g/mol. The van der Waals surface area contributed by atoms with E-state index >= 15 is 0 Å². The second kappa shape index (κ2) is 8.58. The summed E-state index contributed by atoms with van der Waals surface area (Å²) < 4.78 is 165. The first-order valence-electron chi connectivity index (χ1n) is 7.59. The van der Waals surface area contributed by atoms with E-state index in [0.717, 1.165) is 13.8 Å². The van der Waals surface area contributed by atoms with E-state index in [2.05, 4.69) is 18.9 Å². The molecule has 0 fully saturated rings. The molecule has 0 aliphatic rings. The fourth-order valence-electron chi connectivity index (χ4n) is 2.10. The van der Waals surface area contributed by atoms with Gasteiger partial charge < -0.3 is 24.7 Å². The van der Waals surface area contributed by atoms with Crippen molar-refractivity contribution in [2.45, 2.75) is 45.3 Å². The minimum atomic E-state index is -5.92. The van der Waals surface area contributed by atoms with Crippen LogP contribution in [0.5, 0.6) is 23.0 Å². The van der Waals surface area contributed by atoms with Gasteiger partial charge in [-0.15, -0.1) is 52.7 Å². The highest BCUT2D eigenvalue weighted by atomic mass is 19.4. The Morgan fingerprint density at radius 2 is 0.968 bits per heavy atom. The van der Waals surface area contributed by atoms with E-state index in [1.807, 2.05) is 0 Å². The molecule has 1 atom stereocenters. The number of hydrogen-bond acceptors (Lipinski definition) is 5. The SMILES string of the molecule is CC(C)C(N)c1c(OC(F)(F)F)cc(OC(F)(F)F)c(OC(F)(F)F)c1OC(F)(F)F. The van der Waals surface area contributed by atoms with Gasteiger partial charge in [0.15, 0.2) is 11.5 Å². The summed E-state index contributed by atoms with van der Waals surface area (Å²) in [5, 5.41) is 0. The van der Waals surface area contributed by atoms with Crippen LogP contribution in [0.25, 0.3) is 0 Å². The second-order valence-electron chi connectivity index (χ2n) is 5.91. The Balaban J connectivity index is 4.06. The number of halogens is 12. The van der Waals surface area contributed by atoms with E-state index in [0.29, 0.717) is 0 Å². The normalized spacial score (nSPS) is 14.5. The van der Waals surface area contributed by atoms with Gasteiger partial charge in [0.2, 0.25) is 5.75 Å². The standard InChI is InChI=1S/C14H11F12NO4/c1-4(2)8(27)7-5(28-11(15,16)17)3-6(29-12(18,19)20)9(30-13(21,22)23)10(7)31-14(24,25)26/h3-4,8H,27H2,1-2H3. The van der Waals surface area contributed by atoms with Crippen molar-refractivity contribution < 1.29 is 71.6 Å². The number of hydrogen-bond donors (Lipinski definition) is 1. The molecule has 1 aromatic carbocycles. The lowest BCUT2D eigenvalue weighted by Gasteiger charge is -2.27. The molecule has 17 heteroatoms. The van der Waals surface area contributed by atoms with E-state index in [4.69, 9.17) is 5.73 Å². The lowest BCUT2D eigenvalue weighted by atomic mass is 9.94. The summed E-state index contributed by atoms with van der Waals surface area (Å²) in [6, 6.07) is -2.35. The largest absolute Gasteiger partial charge is 0.573 e. The second-order valence-corrected chi connectivity index (χ2v) is 5.91. The summed E-state index contributed by atoms with van der Waals surface area (Å²) in [5.41, 5.74) is 3.99. The molecule has 0 aromatic heterocycles. The van der Waals surface area contributed by atoms with Crippen LogP contribution in [0.2, 0.25) is 0 Å². The molecule has 0 heterocycles. The van der Waals surface area contributed by atoms with Gasteiger partial charge in [-0.1, -0.05) is 13.8 Å². The van der Waals surface area contributed by atoms with Gasteiger partial charge in [-0.25, -0.2) is 0 Å². The lowest BCUT2D eigenvalue weighted by Crippen LogP contribution is -2.28. The molecule has 1 unspecified atom stereocenters. The molecule has 0 amide bonds. The van der Waals surface area contributed by atoms with Crippen LogP contribution in [0.15, 0.2) is 6.07 Å². The van der Waals surface area contributed by atoms with Gasteiger partial charge in [0.25, 0.3) is 0 Å². The highest BCUT2D eigenvalue weighted by molar-refractivity contribution is 5.63. The topological polar surface area (TPSA) is 62.9 Å². The third-order valence-corrected chi connectivity index (χ3v) is 3.14. The molecule has 0 saturated heterocycles. The first-order valence-corrected chi connectivity index (χ1v) is 7.59. The van der Waals surface area contributed by atoms with Crippen molar-refractivity contribution in [3.8, 4) is 23.0 Å². The van der Waals surface area contributed by atoms with E-state index in [1.165, 1.54) is 0 Å². The minimum absolute atomic E-state index is 0.400. The summed E-state index contributed by atoms with van der Waals surface area (Å²) in [4.78, 5) is 0. The predicted octanol–water partition coefficient (Wildman–Crippen LogP) is 5.94. The molecule has 0 spiro atoms. The predicted molar refractivity (Wildman–Crippen MR) is 74.9 cm³/mol. The molecule has 0 aliphatic heterocycles. The van der Waals surface area contributed by atoms with Crippen LogP contribution in [-0.2, 0) is 0 Å². The van der Waals surface area contributed by atoms with Gasteiger partial charge in [0, 0.05) is 12.1 Å². The molecule has 1 aromatic rings. The van der Waals surface area contributed by atoms with Crippen LogP contribution < -0.4 is 24.7 Å². The molecule has 1 rings (SSSR count). The average Bonchev–Trinajstić information content (AvgIpc) is 2.44. The van der Waals surface area contributed by atoms with Gasteiger partial charge >= 0.3 is 25.4 Å². The zero-order valence-corrected chi connectivity index (χ0v) is 15.0. The monoisotopic (exact) mass is 485 g/mol. The van der Waals surface area contributed by atoms with Crippen LogP contribution in [0, 0.1) is 5.92 Å². The molecule has 5 nitrogen and oxygen atoms in total. The first-order chi connectivity index (χ1) is 13.6.